The highest BCUT2D eigenvalue weighted by atomic mass is 19.1. The molecule has 1 aromatic heterocycles. The summed E-state index contributed by atoms with van der Waals surface area (Å²) in [7, 11) is 0. The van der Waals surface area contributed by atoms with Crippen LogP contribution in [0, 0.1) is 12.7 Å². The van der Waals surface area contributed by atoms with E-state index in [4.69, 9.17) is 4.74 Å². The number of rotatable bonds is 3. The van der Waals surface area contributed by atoms with Crippen LogP contribution in [0.3, 0.4) is 0 Å². The second-order valence-electron chi connectivity index (χ2n) is 6.21. The van der Waals surface area contributed by atoms with Crippen LogP contribution < -0.4 is 15.0 Å². The van der Waals surface area contributed by atoms with Crippen LogP contribution in [0.4, 0.5) is 10.1 Å². The van der Waals surface area contributed by atoms with E-state index in [1.165, 1.54) is 6.07 Å². The van der Waals surface area contributed by atoms with E-state index >= 15 is 0 Å². The molecule has 0 radical (unpaired) electrons. The van der Waals surface area contributed by atoms with Gasteiger partial charge in [0.1, 0.15) is 5.75 Å². The molecule has 5 heteroatoms. The molecule has 0 spiro atoms. The van der Waals surface area contributed by atoms with Crippen molar-refractivity contribution in [2.75, 3.05) is 31.1 Å². The third-order valence-electron chi connectivity index (χ3n) is 4.51. The van der Waals surface area contributed by atoms with Crippen molar-refractivity contribution in [1.82, 2.24) is 10.3 Å². The fourth-order valence-electron chi connectivity index (χ4n) is 3.22. The van der Waals surface area contributed by atoms with Gasteiger partial charge in [0, 0.05) is 43.3 Å². The van der Waals surface area contributed by atoms with Crippen molar-refractivity contribution < 1.29 is 9.13 Å². The molecule has 0 aliphatic carbocycles. The van der Waals surface area contributed by atoms with Crippen LogP contribution in [-0.4, -0.2) is 31.2 Å². The molecule has 2 heterocycles. The van der Waals surface area contributed by atoms with Crippen molar-refractivity contribution in [3.63, 3.8) is 0 Å². The Morgan fingerprint density at radius 3 is 2.68 bits per heavy atom. The number of piperazine rings is 1. The van der Waals surface area contributed by atoms with Crippen LogP contribution in [-0.2, 0) is 0 Å². The molecule has 0 saturated carbocycles. The molecule has 4 rings (SSSR count). The number of para-hydroxylation sites is 2. The van der Waals surface area contributed by atoms with Gasteiger partial charge in [0.2, 0.25) is 0 Å². The molecular weight excluding hydrogens is 317 g/mol. The lowest BCUT2D eigenvalue weighted by atomic mass is 10.1. The van der Waals surface area contributed by atoms with E-state index < -0.39 is 0 Å². The normalized spacial score (nSPS) is 14.7. The number of aromatic nitrogens is 1. The van der Waals surface area contributed by atoms with Crippen LogP contribution in [0.1, 0.15) is 5.56 Å². The summed E-state index contributed by atoms with van der Waals surface area (Å²) in [4.78, 5) is 6.97. The van der Waals surface area contributed by atoms with E-state index in [1.54, 1.807) is 24.4 Å². The smallest absolute Gasteiger partial charge is 0.165 e. The van der Waals surface area contributed by atoms with Crippen LogP contribution >= 0.6 is 0 Å². The Balaban J connectivity index is 1.81. The van der Waals surface area contributed by atoms with Crippen LogP contribution in [0.5, 0.6) is 11.5 Å². The molecule has 1 N–H and O–H groups in total. The summed E-state index contributed by atoms with van der Waals surface area (Å²) < 4.78 is 20.0. The van der Waals surface area contributed by atoms with Gasteiger partial charge in [0.25, 0.3) is 0 Å². The Kier molecular flexibility index (Phi) is 4.24. The average Bonchev–Trinajstić information content (AvgIpc) is 2.66. The molecule has 1 aliphatic rings. The molecule has 3 aromatic rings. The number of anilines is 1. The Morgan fingerprint density at radius 2 is 1.88 bits per heavy atom. The Bertz CT molecular complexity index is 907. The molecule has 0 bridgehead atoms. The first-order valence-electron chi connectivity index (χ1n) is 8.50. The lowest BCUT2D eigenvalue weighted by Gasteiger charge is -2.30. The monoisotopic (exact) mass is 337 g/mol. The molecule has 0 atom stereocenters. The lowest BCUT2D eigenvalue weighted by molar-refractivity contribution is 0.443. The second kappa shape index (κ2) is 6.69. The maximum atomic E-state index is 14.0. The second-order valence-corrected chi connectivity index (χ2v) is 6.21. The summed E-state index contributed by atoms with van der Waals surface area (Å²) in [5.74, 6) is 0.517. The maximum absolute atomic E-state index is 14.0. The van der Waals surface area contributed by atoms with Crippen molar-refractivity contribution in [2.24, 2.45) is 0 Å². The highest BCUT2D eigenvalue weighted by Crippen LogP contribution is 2.36. The van der Waals surface area contributed by atoms with E-state index in [9.17, 15) is 4.39 Å². The van der Waals surface area contributed by atoms with Crippen molar-refractivity contribution in [3.8, 4) is 11.5 Å². The Hall–Kier alpha value is -2.66. The molecule has 0 amide bonds. The van der Waals surface area contributed by atoms with Crippen LogP contribution in [0.2, 0.25) is 0 Å². The van der Waals surface area contributed by atoms with Gasteiger partial charge in [-0.05, 0) is 31.2 Å². The highest BCUT2D eigenvalue weighted by molar-refractivity contribution is 5.95. The van der Waals surface area contributed by atoms with E-state index in [0.717, 1.165) is 48.3 Å². The van der Waals surface area contributed by atoms with Crippen molar-refractivity contribution in [1.29, 1.82) is 0 Å². The van der Waals surface area contributed by atoms with E-state index in [-0.39, 0.29) is 11.6 Å². The molecule has 1 saturated heterocycles. The Morgan fingerprint density at radius 1 is 1.08 bits per heavy atom. The number of ether oxygens (including phenoxy) is 1. The van der Waals surface area contributed by atoms with E-state index in [0.29, 0.717) is 5.75 Å². The largest absolute Gasteiger partial charge is 0.453 e. The molecule has 2 aromatic carbocycles. The van der Waals surface area contributed by atoms with Gasteiger partial charge in [0.15, 0.2) is 11.6 Å². The zero-order valence-electron chi connectivity index (χ0n) is 14.1. The minimum absolute atomic E-state index is 0.227. The predicted molar refractivity (Wildman–Crippen MR) is 98.0 cm³/mol. The number of pyridine rings is 1. The summed E-state index contributed by atoms with van der Waals surface area (Å²) >= 11 is 0. The summed E-state index contributed by atoms with van der Waals surface area (Å²) in [5, 5.41) is 4.27. The summed E-state index contributed by atoms with van der Waals surface area (Å²) in [6.07, 6.45) is 1.80. The zero-order chi connectivity index (χ0) is 17.2. The number of hydrogen-bond donors (Lipinski definition) is 1. The van der Waals surface area contributed by atoms with Crippen LogP contribution in [0.15, 0.2) is 48.7 Å². The third kappa shape index (κ3) is 3.03. The summed E-state index contributed by atoms with van der Waals surface area (Å²) in [5.41, 5.74) is 2.87. The molecule has 4 nitrogen and oxygen atoms in total. The van der Waals surface area contributed by atoms with Gasteiger partial charge in [0.05, 0.1) is 11.2 Å². The van der Waals surface area contributed by atoms with Gasteiger partial charge in [-0.2, -0.15) is 0 Å². The first-order valence-corrected chi connectivity index (χ1v) is 8.50. The van der Waals surface area contributed by atoms with Gasteiger partial charge in [-0.3, -0.25) is 4.98 Å². The van der Waals surface area contributed by atoms with Gasteiger partial charge < -0.3 is 15.0 Å². The number of nitrogens with one attached hydrogen (secondary N) is 1. The standard InChI is InChI=1S/C20H20FN3O/c1-14-13-23-19-15(20(14)25-18-8-3-2-6-16(18)21)5-4-7-17(19)24-11-9-22-10-12-24/h2-8,13,22H,9-12H2,1H3. The number of halogens is 1. The van der Waals surface area contributed by atoms with Gasteiger partial charge in [-0.1, -0.05) is 18.2 Å². The minimum atomic E-state index is -0.370. The third-order valence-corrected chi connectivity index (χ3v) is 4.51. The minimum Gasteiger partial charge on any atom is -0.453 e. The van der Waals surface area contributed by atoms with Crippen molar-refractivity contribution >= 4 is 16.6 Å². The van der Waals surface area contributed by atoms with Gasteiger partial charge in [-0.15, -0.1) is 0 Å². The van der Waals surface area contributed by atoms with Crippen LogP contribution in [0.25, 0.3) is 10.9 Å². The predicted octanol–water partition coefficient (Wildman–Crippen LogP) is 3.88. The molecule has 128 valence electrons. The topological polar surface area (TPSA) is 37.4 Å². The fraction of sp³-hybridized carbons (Fsp3) is 0.250. The molecular formula is C20H20FN3O. The number of aryl methyl sites for hydroxylation is 1. The summed E-state index contributed by atoms with van der Waals surface area (Å²) in [6, 6.07) is 12.5. The fourth-order valence-corrected chi connectivity index (χ4v) is 3.22. The highest BCUT2D eigenvalue weighted by Gasteiger charge is 2.17. The van der Waals surface area contributed by atoms with Gasteiger partial charge >= 0.3 is 0 Å². The first-order chi connectivity index (χ1) is 12.2. The van der Waals surface area contributed by atoms with E-state index in [2.05, 4.69) is 21.3 Å². The lowest BCUT2D eigenvalue weighted by Crippen LogP contribution is -2.43. The molecule has 25 heavy (non-hydrogen) atoms. The SMILES string of the molecule is Cc1cnc2c(N3CCNCC3)cccc2c1Oc1ccccc1F. The maximum Gasteiger partial charge on any atom is 0.165 e. The number of hydrogen-bond acceptors (Lipinski definition) is 4. The van der Waals surface area contributed by atoms with Gasteiger partial charge in [-0.25, -0.2) is 4.39 Å². The zero-order valence-corrected chi connectivity index (χ0v) is 14.1. The average molecular weight is 337 g/mol. The Labute approximate surface area is 146 Å². The number of fused-ring (bicyclic) bond motifs is 1. The number of benzene rings is 2. The molecule has 0 unspecified atom stereocenters. The summed E-state index contributed by atoms with van der Waals surface area (Å²) in [6.45, 7) is 5.73. The van der Waals surface area contributed by atoms with E-state index in [1.807, 2.05) is 19.1 Å². The van der Waals surface area contributed by atoms with Crippen molar-refractivity contribution in [2.45, 2.75) is 6.92 Å². The van der Waals surface area contributed by atoms with Crippen molar-refractivity contribution in [3.05, 3.63) is 60.0 Å². The first kappa shape index (κ1) is 15.8. The molecule has 1 aliphatic heterocycles. The quantitative estimate of drug-likeness (QED) is 0.787. The number of nitrogens with zero attached hydrogens (tertiary/aromatic N) is 2. The molecule has 1 fully saturated rings.